The Morgan fingerprint density at radius 1 is 1.24 bits per heavy atom. The Labute approximate surface area is 126 Å². The molecule has 0 unspecified atom stereocenters. The van der Waals surface area contributed by atoms with Crippen LogP contribution in [0.5, 0.6) is 0 Å². The Kier molecular flexibility index (Phi) is 4.44. The van der Waals surface area contributed by atoms with Gasteiger partial charge in [0.1, 0.15) is 0 Å². The molecule has 4 heteroatoms. The summed E-state index contributed by atoms with van der Waals surface area (Å²) in [5.41, 5.74) is 1.81. The Morgan fingerprint density at radius 2 is 2.00 bits per heavy atom. The van der Waals surface area contributed by atoms with Crippen LogP contribution in [0.2, 0.25) is 0 Å². The first-order valence-electron chi connectivity index (χ1n) is 8.04. The molecule has 0 radical (unpaired) electrons. The van der Waals surface area contributed by atoms with Gasteiger partial charge in [-0.25, -0.2) is 0 Å². The molecular formula is C17H25N3O. The third-order valence-corrected chi connectivity index (χ3v) is 4.47. The number of nitrogens with zero attached hydrogens (tertiary/aromatic N) is 1. The van der Waals surface area contributed by atoms with Crippen molar-refractivity contribution in [2.45, 2.75) is 31.7 Å². The maximum Gasteiger partial charge on any atom is 0.251 e. The Balaban J connectivity index is 1.51. The minimum atomic E-state index is 0.0560. The molecule has 1 aromatic rings. The first kappa shape index (κ1) is 14.4. The second-order valence-corrected chi connectivity index (χ2v) is 6.46. The fraction of sp³-hybridized carbons (Fsp3) is 0.588. The Morgan fingerprint density at radius 3 is 2.71 bits per heavy atom. The van der Waals surface area contributed by atoms with E-state index in [0.29, 0.717) is 6.04 Å². The SMILES string of the molecule is CN1CCC(CNc2cccc(C(=O)NC3CC3)c2)CC1. The molecule has 1 heterocycles. The fourth-order valence-electron chi connectivity index (χ4n) is 2.80. The fourth-order valence-corrected chi connectivity index (χ4v) is 2.80. The summed E-state index contributed by atoms with van der Waals surface area (Å²) in [5.74, 6) is 0.797. The van der Waals surface area contributed by atoms with Crippen LogP contribution in [0.4, 0.5) is 5.69 Å². The van der Waals surface area contributed by atoms with Crippen molar-refractivity contribution in [3.63, 3.8) is 0 Å². The summed E-state index contributed by atoms with van der Waals surface area (Å²) < 4.78 is 0. The third-order valence-electron chi connectivity index (χ3n) is 4.47. The highest BCUT2D eigenvalue weighted by molar-refractivity contribution is 5.95. The second kappa shape index (κ2) is 6.48. The molecule has 3 rings (SSSR count). The predicted octanol–water partition coefficient (Wildman–Crippen LogP) is 2.33. The van der Waals surface area contributed by atoms with Crippen molar-refractivity contribution in [3.05, 3.63) is 29.8 Å². The van der Waals surface area contributed by atoms with Crippen molar-refractivity contribution >= 4 is 11.6 Å². The van der Waals surface area contributed by atoms with E-state index in [1.807, 2.05) is 24.3 Å². The van der Waals surface area contributed by atoms with Crippen LogP contribution in [-0.4, -0.2) is 43.5 Å². The zero-order valence-electron chi connectivity index (χ0n) is 12.8. The highest BCUT2D eigenvalue weighted by Gasteiger charge is 2.23. The molecule has 1 aliphatic carbocycles. The molecule has 21 heavy (non-hydrogen) atoms. The standard InChI is InChI=1S/C17H25N3O/c1-20-9-7-13(8-10-20)12-18-16-4-2-3-14(11-16)17(21)19-15-5-6-15/h2-4,11,13,15,18H,5-10,12H2,1H3,(H,19,21). The van der Waals surface area contributed by atoms with Crippen LogP contribution in [0.1, 0.15) is 36.0 Å². The molecule has 1 amide bonds. The first-order valence-corrected chi connectivity index (χ1v) is 8.04. The summed E-state index contributed by atoms with van der Waals surface area (Å²) >= 11 is 0. The summed E-state index contributed by atoms with van der Waals surface area (Å²) in [6, 6.07) is 8.26. The van der Waals surface area contributed by atoms with E-state index in [4.69, 9.17) is 0 Å². The lowest BCUT2D eigenvalue weighted by atomic mass is 9.97. The van der Waals surface area contributed by atoms with Gasteiger partial charge in [-0.2, -0.15) is 0 Å². The summed E-state index contributed by atoms with van der Waals surface area (Å²) in [6.45, 7) is 3.38. The molecule has 4 nitrogen and oxygen atoms in total. The van der Waals surface area contributed by atoms with Crippen LogP contribution in [0.15, 0.2) is 24.3 Å². The van der Waals surface area contributed by atoms with Crippen molar-refractivity contribution < 1.29 is 4.79 Å². The normalized spacial score (nSPS) is 20.2. The number of piperidine rings is 1. The van der Waals surface area contributed by atoms with E-state index in [1.165, 1.54) is 25.9 Å². The third kappa shape index (κ3) is 4.21. The molecule has 0 atom stereocenters. The van der Waals surface area contributed by atoms with E-state index >= 15 is 0 Å². The summed E-state index contributed by atoms with van der Waals surface area (Å²) in [6.07, 6.45) is 4.76. The first-order chi connectivity index (χ1) is 10.2. The predicted molar refractivity (Wildman–Crippen MR) is 85.6 cm³/mol. The lowest BCUT2D eigenvalue weighted by Crippen LogP contribution is -2.33. The second-order valence-electron chi connectivity index (χ2n) is 6.46. The number of benzene rings is 1. The Hall–Kier alpha value is -1.55. The van der Waals surface area contributed by atoms with Gasteiger partial charge >= 0.3 is 0 Å². The summed E-state index contributed by atoms with van der Waals surface area (Å²) in [4.78, 5) is 14.4. The highest BCUT2D eigenvalue weighted by Crippen LogP contribution is 2.21. The van der Waals surface area contributed by atoms with Gasteiger partial charge in [0.15, 0.2) is 0 Å². The van der Waals surface area contributed by atoms with Gasteiger partial charge in [0.05, 0.1) is 0 Å². The molecule has 2 aliphatic rings. The lowest BCUT2D eigenvalue weighted by Gasteiger charge is -2.29. The minimum absolute atomic E-state index is 0.0560. The average molecular weight is 287 g/mol. The van der Waals surface area contributed by atoms with Crippen LogP contribution >= 0.6 is 0 Å². The van der Waals surface area contributed by atoms with Gasteiger partial charge in [0.2, 0.25) is 0 Å². The molecular weight excluding hydrogens is 262 g/mol. The highest BCUT2D eigenvalue weighted by atomic mass is 16.1. The van der Waals surface area contributed by atoms with Gasteiger partial charge < -0.3 is 15.5 Å². The molecule has 114 valence electrons. The van der Waals surface area contributed by atoms with Crippen LogP contribution in [0.3, 0.4) is 0 Å². The average Bonchev–Trinajstić information content (AvgIpc) is 3.31. The molecule has 1 saturated carbocycles. The quantitative estimate of drug-likeness (QED) is 0.873. The largest absolute Gasteiger partial charge is 0.385 e. The topological polar surface area (TPSA) is 44.4 Å². The van der Waals surface area contributed by atoms with Gasteiger partial charge in [-0.05, 0) is 69.9 Å². The van der Waals surface area contributed by atoms with E-state index in [1.54, 1.807) is 0 Å². The minimum Gasteiger partial charge on any atom is -0.385 e. The zero-order chi connectivity index (χ0) is 14.7. The van der Waals surface area contributed by atoms with Crippen molar-refractivity contribution in [2.75, 3.05) is 32.0 Å². The number of amides is 1. The van der Waals surface area contributed by atoms with Gasteiger partial charge in [-0.1, -0.05) is 6.07 Å². The number of hydrogen-bond acceptors (Lipinski definition) is 3. The number of carbonyl (C=O) groups excluding carboxylic acids is 1. The van der Waals surface area contributed by atoms with E-state index in [-0.39, 0.29) is 5.91 Å². The maximum atomic E-state index is 12.0. The number of anilines is 1. The Bertz CT molecular complexity index is 491. The number of hydrogen-bond donors (Lipinski definition) is 2. The molecule has 2 fully saturated rings. The molecule has 0 aromatic heterocycles. The molecule has 1 saturated heterocycles. The van der Waals surface area contributed by atoms with E-state index in [0.717, 1.165) is 36.6 Å². The lowest BCUT2D eigenvalue weighted by molar-refractivity contribution is 0.0951. The molecule has 1 aromatic carbocycles. The molecule has 0 bridgehead atoms. The summed E-state index contributed by atoms with van der Waals surface area (Å²) in [7, 11) is 2.19. The van der Waals surface area contributed by atoms with E-state index in [9.17, 15) is 4.79 Å². The van der Waals surface area contributed by atoms with Crippen LogP contribution in [-0.2, 0) is 0 Å². The zero-order valence-corrected chi connectivity index (χ0v) is 12.8. The van der Waals surface area contributed by atoms with Crippen molar-refractivity contribution in [1.29, 1.82) is 0 Å². The van der Waals surface area contributed by atoms with Crippen LogP contribution in [0.25, 0.3) is 0 Å². The molecule has 0 spiro atoms. The van der Waals surface area contributed by atoms with Crippen LogP contribution < -0.4 is 10.6 Å². The maximum absolute atomic E-state index is 12.0. The van der Waals surface area contributed by atoms with Crippen LogP contribution in [0, 0.1) is 5.92 Å². The summed E-state index contributed by atoms with van der Waals surface area (Å²) in [5, 5.41) is 6.53. The van der Waals surface area contributed by atoms with Gasteiger partial charge in [-0.15, -0.1) is 0 Å². The van der Waals surface area contributed by atoms with E-state index < -0.39 is 0 Å². The number of carbonyl (C=O) groups is 1. The number of likely N-dealkylation sites (tertiary alicyclic amines) is 1. The number of nitrogens with one attached hydrogen (secondary N) is 2. The monoisotopic (exact) mass is 287 g/mol. The molecule has 2 N–H and O–H groups in total. The van der Waals surface area contributed by atoms with Crippen molar-refractivity contribution in [2.24, 2.45) is 5.92 Å². The van der Waals surface area contributed by atoms with Crippen molar-refractivity contribution in [3.8, 4) is 0 Å². The molecule has 1 aliphatic heterocycles. The van der Waals surface area contributed by atoms with Gasteiger partial charge in [0.25, 0.3) is 5.91 Å². The van der Waals surface area contributed by atoms with Crippen molar-refractivity contribution in [1.82, 2.24) is 10.2 Å². The smallest absolute Gasteiger partial charge is 0.251 e. The van der Waals surface area contributed by atoms with Gasteiger partial charge in [0, 0.05) is 23.8 Å². The number of rotatable bonds is 5. The van der Waals surface area contributed by atoms with E-state index in [2.05, 4.69) is 22.6 Å². The van der Waals surface area contributed by atoms with Gasteiger partial charge in [-0.3, -0.25) is 4.79 Å².